The maximum atomic E-state index is 5.66. The molecule has 2 nitrogen and oxygen atoms in total. The number of ether oxygens (including phenoxy) is 1. The van der Waals surface area contributed by atoms with Gasteiger partial charge in [-0.1, -0.05) is 34.6 Å². The highest BCUT2D eigenvalue weighted by Crippen LogP contribution is 2.23. The highest BCUT2D eigenvalue weighted by Gasteiger charge is 2.15. The molecule has 0 aliphatic rings. The van der Waals surface area contributed by atoms with Gasteiger partial charge in [0.25, 0.3) is 0 Å². The summed E-state index contributed by atoms with van der Waals surface area (Å²) in [6, 6.07) is 3.94. The van der Waals surface area contributed by atoms with Gasteiger partial charge in [0.15, 0.2) is 0 Å². The van der Waals surface area contributed by atoms with Crippen LogP contribution in [0.15, 0.2) is 18.3 Å². The fourth-order valence-electron chi connectivity index (χ4n) is 1.17. The van der Waals surface area contributed by atoms with Gasteiger partial charge in [-0.2, -0.15) is 0 Å². The molecular weight excluding hydrogens is 186 g/mol. The third-order valence-electron chi connectivity index (χ3n) is 2.08. The van der Waals surface area contributed by atoms with Crippen LogP contribution < -0.4 is 4.74 Å². The zero-order chi connectivity index (χ0) is 11.5. The minimum atomic E-state index is 0.0806. The predicted molar refractivity (Wildman–Crippen MR) is 63.3 cm³/mol. The van der Waals surface area contributed by atoms with Crippen molar-refractivity contribution in [3.63, 3.8) is 0 Å². The normalized spacial score (nSPS) is 11.9. The molecular formula is C13H21NO. The molecule has 0 fully saturated rings. The maximum Gasteiger partial charge on any atom is 0.122 e. The van der Waals surface area contributed by atoms with Crippen LogP contribution in [0.4, 0.5) is 0 Å². The van der Waals surface area contributed by atoms with Gasteiger partial charge in [-0.25, -0.2) is 0 Å². The molecule has 0 unspecified atom stereocenters. The second kappa shape index (κ2) is 4.65. The standard InChI is InChI=1S/C13H21NO/c1-10(2)9-15-11-6-7-14-12(8-11)13(3,4)5/h6-8,10H,9H2,1-5H3. The van der Waals surface area contributed by atoms with Crippen LogP contribution in [0.5, 0.6) is 5.75 Å². The summed E-state index contributed by atoms with van der Waals surface area (Å²) in [6.45, 7) is 11.5. The van der Waals surface area contributed by atoms with Gasteiger partial charge in [0.05, 0.1) is 6.61 Å². The molecule has 0 saturated carbocycles. The molecule has 1 rings (SSSR count). The van der Waals surface area contributed by atoms with Crippen molar-refractivity contribution < 1.29 is 4.74 Å². The van der Waals surface area contributed by atoms with E-state index in [1.807, 2.05) is 18.3 Å². The lowest BCUT2D eigenvalue weighted by Crippen LogP contribution is -2.13. The summed E-state index contributed by atoms with van der Waals surface area (Å²) in [4.78, 5) is 4.36. The van der Waals surface area contributed by atoms with Gasteiger partial charge in [0.1, 0.15) is 5.75 Å². The SMILES string of the molecule is CC(C)COc1ccnc(C(C)(C)C)c1. The van der Waals surface area contributed by atoms with Crippen molar-refractivity contribution >= 4 is 0 Å². The van der Waals surface area contributed by atoms with E-state index < -0.39 is 0 Å². The Labute approximate surface area is 92.7 Å². The summed E-state index contributed by atoms with van der Waals surface area (Å²) in [5, 5.41) is 0. The summed E-state index contributed by atoms with van der Waals surface area (Å²) in [5.41, 5.74) is 1.15. The third kappa shape index (κ3) is 3.90. The average Bonchev–Trinajstić information content (AvgIpc) is 2.14. The molecule has 15 heavy (non-hydrogen) atoms. The Morgan fingerprint density at radius 3 is 2.53 bits per heavy atom. The van der Waals surface area contributed by atoms with E-state index in [1.165, 1.54) is 0 Å². The first-order chi connectivity index (χ1) is 6.89. The Kier molecular flexibility index (Phi) is 3.72. The van der Waals surface area contributed by atoms with E-state index in [2.05, 4.69) is 39.6 Å². The van der Waals surface area contributed by atoms with E-state index in [9.17, 15) is 0 Å². The Balaban J connectivity index is 2.75. The van der Waals surface area contributed by atoms with Gasteiger partial charge in [0.2, 0.25) is 0 Å². The molecule has 0 aliphatic carbocycles. The highest BCUT2D eigenvalue weighted by atomic mass is 16.5. The largest absolute Gasteiger partial charge is 0.493 e. The van der Waals surface area contributed by atoms with E-state index in [0.717, 1.165) is 18.1 Å². The van der Waals surface area contributed by atoms with Crippen LogP contribution in [-0.4, -0.2) is 11.6 Å². The summed E-state index contributed by atoms with van der Waals surface area (Å²) in [6.07, 6.45) is 1.82. The van der Waals surface area contributed by atoms with Crippen molar-refractivity contribution in [2.24, 2.45) is 5.92 Å². The Morgan fingerprint density at radius 1 is 1.33 bits per heavy atom. The van der Waals surface area contributed by atoms with Crippen molar-refractivity contribution in [3.05, 3.63) is 24.0 Å². The van der Waals surface area contributed by atoms with Crippen LogP contribution in [0.25, 0.3) is 0 Å². The van der Waals surface area contributed by atoms with Crippen molar-refractivity contribution in [1.82, 2.24) is 4.98 Å². The van der Waals surface area contributed by atoms with Crippen LogP contribution >= 0.6 is 0 Å². The van der Waals surface area contributed by atoms with Crippen LogP contribution in [0.1, 0.15) is 40.3 Å². The minimum Gasteiger partial charge on any atom is -0.493 e. The number of nitrogens with zero attached hydrogens (tertiary/aromatic N) is 1. The average molecular weight is 207 g/mol. The van der Waals surface area contributed by atoms with Gasteiger partial charge in [-0.15, -0.1) is 0 Å². The van der Waals surface area contributed by atoms with Gasteiger partial charge in [-0.05, 0) is 12.0 Å². The van der Waals surface area contributed by atoms with E-state index in [0.29, 0.717) is 5.92 Å². The van der Waals surface area contributed by atoms with Crippen LogP contribution in [0.2, 0.25) is 0 Å². The van der Waals surface area contributed by atoms with E-state index in [-0.39, 0.29) is 5.41 Å². The molecule has 1 aromatic heterocycles. The quantitative estimate of drug-likeness (QED) is 0.757. The monoisotopic (exact) mass is 207 g/mol. The molecule has 0 bridgehead atoms. The highest BCUT2D eigenvalue weighted by molar-refractivity contribution is 5.26. The molecule has 1 heterocycles. The molecule has 84 valence electrons. The second-order valence-corrected chi connectivity index (χ2v) is 5.33. The van der Waals surface area contributed by atoms with Crippen molar-refractivity contribution in [3.8, 4) is 5.75 Å². The van der Waals surface area contributed by atoms with Crippen LogP contribution in [0.3, 0.4) is 0 Å². The van der Waals surface area contributed by atoms with Crippen molar-refractivity contribution in [2.75, 3.05) is 6.61 Å². The Morgan fingerprint density at radius 2 is 2.00 bits per heavy atom. The van der Waals surface area contributed by atoms with Gasteiger partial charge >= 0.3 is 0 Å². The zero-order valence-corrected chi connectivity index (χ0v) is 10.4. The minimum absolute atomic E-state index is 0.0806. The predicted octanol–water partition coefficient (Wildman–Crippen LogP) is 3.41. The topological polar surface area (TPSA) is 22.1 Å². The molecule has 0 atom stereocenters. The van der Waals surface area contributed by atoms with Crippen molar-refractivity contribution in [1.29, 1.82) is 0 Å². The Hall–Kier alpha value is -1.05. The fraction of sp³-hybridized carbons (Fsp3) is 0.615. The molecule has 1 aromatic rings. The second-order valence-electron chi connectivity index (χ2n) is 5.33. The Bertz CT molecular complexity index is 313. The summed E-state index contributed by atoms with van der Waals surface area (Å²) < 4.78 is 5.66. The number of hydrogen-bond acceptors (Lipinski definition) is 2. The third-order valence-corrected chi connectivity index (χ3v) is 2.08. The molecule has 2 heteroatoms. The first kappa shape index (κ1) is 12.0. The van der Waals surface area contributed by atoms with Gasteiger partial charge in [-0.3, -0.25) is 4.98 Å². The number of hydrogen-bond donors (Lipinski definition) is 0. The molecule has 0 saturated heterocycles. The number of aromatic nitrogens is 1. The van der Waals surface area contributed by atoms with Crippen LogP contribution in [-0.2, 0) is 5.41 Å². The molecule has 0 aromatic carbocycles. The lowest BCUT2D eigenvalue weighted by atomic mass is 9.92. The molecule has 0 spiro atoms. The lowest BCUT2D eigenvalue weighted by Gasteiger charge is -2.18. The van der Waals surface area contributed by atoms with E-state index in [4.69, 9.17) is 4.74 Å². The fourth-order valence-corrected chi connectivity index (χ4v) is 1.17. The van der Waals surface area contributed by atoms with E-state index >= 15 is 0 Å². The summed E-state index contributed by atoms with van der Waals surface area (Å²) >= 11 is 0. The first-order valence-corrected chi connectivity index (χ1v) is 5.49. The summed E-state index contributed by atoms with van der Waals surface area (Å²) in [5.74, 6) is 1.47. The smallest absolute Gasteiger partial charge is 0.122 e. The number of pyridine rings is 1. The maximum absolute atomic E-state index is 5.66. The van der Waals surface area contributed by atoms with Gasteiger partial charge < -0.3 is 4.74 Å². The lowest BCUT2D eigenvalue weighted by molar-refractivity contribution is 0.270. The number of rotatable bonds is 3. The van der Waals surface area contributed by atoms with Crippen LogP contribution in [0, 0.1) is 5.92 Å². The molecule has 0 radical (unpaired) electrons. The van der Waals surface area contributed by atoms with Gasteiger partial charge in [0, 0.05) is 23.4 Å². The molecule has 0 aliphatic heterocycles. The zero-order valence-electron chi connectivity index (χ0n) is 10.4. The van der Waals surface area contributed by atoms with Crippen molar-refractivity contribution in [2.45, 2.75) is 40.0 Å². The van der Waals surface area contributed by atoms with E-state index in [1.54, 1.807) is 0 Å². The first-order valence-electron chi connectivity index (χ1n) is 5.49. The molecule has 0 N–H and O–H groups in total. The summed E-state index contributed by atoms with van der Waals surface area (Å²) in [7, 11) is 0. The molecule has 0 amide bonds.